The average Bonchev–Trinajstić information content (AvgIpc) is 3.36. The van der Waals surface area contributed by atoms with E-state index in [0.717, 1.165) is 18.5 Å². The molecule has 0 spiro atoms. The number of carboxylic acid groups (broad SMARTS) is 1. The van der Waals surface area contributed by atoms with Gasteiger partial charge < -0.3 is 10.0 Å². The van der Waals surface area contributed by atoms with Crippen molar-refractivity contribution in [1.82, 2.24) is 13.9 Å². The molecule has 1 aromatic carbocycles. The molecule has 0 radical (unpaired) electrons. The minimum absolute atomic E-state index is 0.278. The molecule has 1 aliphatic heterocycles. The fraction of sp³-hybridized carbons (Fsp3) is 0.632. The van der Waals surface area contributed by atoms with Crippen LogP contribution < -0.4 is 4.72 Å². The molecule has 8 heteroatoms. The standard InChI is InChI=1S/C19H29N3O4S/c1-15(2)8-9-21-10-12-22(13-11-21)27(25,26)20-19(18(23)24)14-17(19)16-6-4-3-5-7-16/h3-7,15,17,20H,8-14H2,1-2H3,(H,23,24)/t17-,19+/m1/s1. The van der Waals surface area contributed by atoms with E-state index in [1.54, 1.807) is 0 Å². The van der Waals surface area contributed by atoms with Gasteiger partial charge in [0.2, 0.25) is 0 Å². The summed E-state index contributed by atoms with van der Waals surface area (Å²) in [6.45, 7) is 7.45. The Bertz CT molecular complexity index is 760. The predicted octanol–water partition coefficient (Wildman–Crippen LogP) is 1.50. The molecule has 150 valence electrons. The van der Waals surface area contributed by atoms with E-state index < -0.39 is 21.7 Å². The zero-order chi connectivity index (χ0) is 19.7. The molecule has 3 rings (SSSR count). The fourth-order valence-corrected chi connectivity index (χ4v) is 5.22. The van der Waals surface area contributed by atoms with Crippen LogP contribution in [0, 0.1) is 5.92 Å². The van der Waals surface area contributed by atoms with Gasteiger partial charge in [-0.15, -0.1) is 0 Å². The second kappa shape index (κ2) is 7.87. The number of hydrogen-bond donors (Lipinski definition) is 2. The van der Waals surface area contributed by atoms with Gasteiger partial charge in [0.05, 0.1) is 0 Å². The first kappa shape index (κ1) is 20.3. The summed E-state index contributed by atoms with van der Waals surface area (Å²) in [4.78, 5) is 14.1. The monoisotopic (exact) mass is 395 g/mol. The number of nitrogens with zero attached hydrogens (tertiary/aromatic N) is 2. The van der Waals surface area contributed by atoms with Gasteiger partial charge >= 0.3 is 5.97 Å². The maximum absolute atomic E-state index is 12.8. The number of carboxylic acids is 1. The van der Waals surface area contributed by atoms with Gasteiger partial charge in [-0.1, -0.05) is 44.2 Å². The summed E-state index contributed by atoms with van der Waals surface area (Å²) >= 11 is 0. The summed E-state index contributed by atoms with van der Waals surface area (Å²) in [5.41, 5.74) is -0.587. The molecule has 0 bridgehead atoms. The number of piperazine rings is 1. The predicted molar refractivity (Wildman–Crippen MR) is 104 cm³/mol. The van der Waals surface area contributed by atoms with E-state index in [-0.39, 0.29) is 12.3 Å². The molecule has 0 unspecified atom stereocenters. The van der Waals surface area contributed by atoms with E-state index >= 15 is 0 Å². The fourth-order valence-electron chi connectivity index (χ4n) is 3.67. The van der Waals surface area contributed by atoms with Gasteiger partial charge in [0.25, 0.3) is 10.2 Å². The summed E-state index contributed by atoms with van der Waals surface area (Å²) in [5, 5.41) is 9.71. The van der Waals surface area contributed by atoms with E-state index in [0.29, 0.717) is 32.1 Å². The first-order valence-corrected chi connectivity index (χ1v) is 11.0. The zero-order valence-corrected chi connectivity index (χ0v) is 16.8. The van der Waals surface area contributed by atoms with Gasteiger partial charge in [-0.3, -0.25) is 4.79 Å². The van der Waals surface area contributed by atoms with Crippen LogP contribution in [0.3, 0.4) is 0 Å². The third-order valence-corrected chi connectivity index (χ3v) is 7.22. The Balaban J connectivity index is 1.63. The molecule has 1 saturated carbocycles. The Morgan fingerprint density at radius 2 is 1.85 bits per heavy atom. The minimum Gasteiger partial charge on any atom is -0.480 e. The van der Waals surface area contributed by atoms with Crippen LogP contribution in [0.2, 0.25) is 0 Å². The van der Waals surface area contributed by atoms with Gasteiger partial charge in [0.15, 0.2) is 0 Å². The Morgan fingerprint density at radius 1 is 1.22 bits per heavy atom. The topological polar surface area (TPSA) is 90.0 Å². The van der Waals surface area contributed by atoms with Crippen LogP contribution >= 0.6 is 0 Å². The van der Waals surface area contributed by atoms with Crippen molar-refractivity contribution in [3.8, 4) is 0 Å². The smallest absolute Gasteiger partial charge is 0.325 e. The van der Waals surface area contributed by atoms with Gasteiger partial charge in [-0.25, -0.2) is 0 Å². The lowest BCUT2D eigenvalue weighted by atomic mass is 10.1. The molecule has 7 nitrogen and oxygen atoms in total. The van der Waals surface area contributed by atoms with Crippen molar-refractivity contribution >= 4 is 16.2 Å². The van der Waals surface area contributed by atoms with Crippen molar-refractivity contribution in [2.45, 2.75) is 38.1 Å². The van der Waals surface area contributed by atoms with Crippen molar-refractivity contribution in [3.05, 3.63) is 35.9 Å². The van der Waals surface area contributed by atoms with Gasteiger partial charge in [-0.05, 0) is 30.9 Å². The Kier molecular flexibility index (Phi) is 5.90. The Labute approximate surface area is 161 Å². The average molecular weight is 396 g/mol. The number of hydrogen-bond acceptors (Lipinski definition) is 4. The molecule has 2 atom stereocenters. The lowest BCUT2D eigenvalue weighted by Gasteiger charge is -2.34. The van der Waals surface area contributed by atoms with Crippen LogP contribution in [0.4, 0.5) is 0 Å². The van der Waals surface area contributed by atoms with Crippen LogP contribution in [0.5, 0.6) is 0 Å². The molecule has 0 amide bonds. The van der Waals surface area contributed by atoms with Crippen molar-refractivity contribution < 1.29 is 18.3 Å². The molecular weight excluding hydrogens is 366 g/mol. The molecule has 0 aromatic heterocycles. The van der Waals surface area contributed by atoms with Crippen LogP contribution in [0.15, 0.2) is 30.3 Å². The van der Waals surface area contributed by atoms with Gasteiger partial charge in [0.1, 0.15) is 5.54 Å². The molecule has 1 aromatic rings. The SMILES string of the molecule is CC(C)CCN1CCN(S(=O)(=O)N[C@@]2(C(=O)O)C[C@@H]2c2ccccc2)CC1. The van der Waals surface area contributed by atoms with E-state index in [1.807, 2.05) is 30.3 Å². The number of benzene rings is 1. The summed E-state index contributed by atoms with van der Waals surface area (Å²) in [6.07, 6.45) is 1.37. The quantitative estimate of drug-likeness (QED) is 0.696. The normalized spacial score (nSPS) is 27.0. The molecule has 2 fully saturated rings. The van der Waals surface area contributed by atoms with E-state index in [1.165, 1.54) is 4.31 Å². The lowest BCUT2D eigenvalue weighted by Crippen LogP contribution is -2.56. The molecular formula is C19H29N3O4S. The molecule has 2 aliphatic rings. The van der Waals surface area contributed by atoms with E-state index in [4.69, 9.17) is 0 Å². The third kappa shape index (κ3) is 4.51. The minimum atomic E-state index is -3.84. The van der Waals surface area contributed by atoms with Crippen LogP contribution in [-0.4, -0.2) is 67.0 Å². The Hall–Kier alpha value is -1.48. The largest absolute Gasteiger partial charge is 0.480 e. The van der Waals surface area contributed by atoms with Crippen LogP contribution in [0.1, 0.15) is 38.2 Å². The van der Waals surface area contributed by atoms with Crippen LogP contribution in [-0.2, 0) is 15.0 Å². The number of rotatable bonds is 8. The first-order chi connectivity index (χ1) is 12.7. The highest BCUT2D eigenvalue weighted by atomic mass is 32.2. The van der Waals surface area contributed by atoms with Crippen molar-refractivity contribution in [3.63, 3.8) is 0 Å². The van der Waals surface area contributed by atoms with E-state index in [2.05, 4.69) is 23.5 Å². The van der Waals surface area contributed by atoms with Gasteiger partial charge in [-0.2, -0.15) is 17.4 Å². The highest BCUT2D eigenvalue weighted by Gasteiger charge is 2.63. The molecule has 1 aliphatic carbocycles. The van der Waals surface area contributed by atoms with Crippen molar-refractivity contribution in [2.75, 3.05) is 32.7 Å². The molecule has 1 saturated heterocycles. The van der Waals surface area contributed by atoms with Crippen LogP contribution in [0.25, 0.3) is 0 Å². The van der Waals surface area contributed by atoms with Crippen molar-refractivity contribution in [1.29, 1.82) is 0 Å². The second-order valence-electron chi connectivity index (χ2n) is 7.97. The highest BCUT2D eigenvalue weighted by molar-refractivity contribution is 7.87. The summed E-state index contributed by atoms with van der Waals surface area (Å²) in [7, 11) is -3.84. The van der Waals surface area contributed by atoms with E-state index in [9.17, 15) is 18.3 Å². The maximum Gasteiger partial charge on any atom is 0.325 e. The summed E-state index contributed by atoms with van der Waals surface area (Å²) < 4.78 is 29.5. The molecule has 27 heavy (non-hydrogen) atoms. The van der Waals surface area contributed by atoms with Crippen molar-refractivity contribution in [2.24, 2.45) is 5.92 Å². The second-order valence-corrected chi connectivity index (χ2v) is 9.64. The lowest BCUT2D eigenvalue weighted by molar-refractivity contribution is -0.140. The number of nitrogens with one attached hydrogen (secondary N) is 1. The highest BCUT2D eigenvalue weighted by Crippen LogP contribution is 2.52. The molecule has 2 N–H and O–H groups in total. The third-order valence-electron chi connectivity index (χ3n) is 5.55. The van der Waals surface area contributed by atoms with Gasteiger partial charge in [0, 0.05) is 32.1 Å². The maximum atomic E-state index is 12.8. The number of aliphatic carboxylic acids is 1. The summed E-state index contributed by atoms with van der Waals surface area (Å²) in [5.74, 6) is -0.831. The summed E-state index contributed by atoms with van der Waals surface area (Å²) in [6, 6.07) is 9.22. The number of carbonyl (C=O) groups is 1. The Morgan fingerprint density at radius 3 is 2.41 bits per heavy atom. The molecule has 1 heterocycles. The zero-order valence-electron chi connectivity index (χ0n) is 16.0. The first-order valence-electron chi connectivity index (χ1n) is 9.54.